The van der Waals surface area contributed by atoms with Crippen molar-refractivity contribution in [2.24, 2.45) is 5.92 Å². The number of hydrogen-bond donors (Lipinski definition) is 2. The summed E-state index contributed by atoms with van der Waals surface area (Å²) >= 11 is 0. The molecular formula is C14H24N2O4. The Morgan fingerprint density at radius 2 is 1.95 bits per heavy atom. The second-order valence-corrected chi connectivity index (χ2v) is 6.00. The van der Waals surface area contributed by atoms with E-state index in [1.54, 1.807) is 9.80 Å². The molecule has 0 bridgehead atoms. The Morgan fingerprint density at radius 3 is 2.60 bits per heavy atom. The van der Waals surface area contributed by atoms with Crippen LogP contribution in [0.4, 0.5) is 4.79 Å². The van der Waals surface area contributed by atoms with Gasteiger partial charge >= 0.3 is 12.0 Å². The van der Waals surface area contributed by atoms with E-state index in [1.165, 1.54) is 0 Å². The second kappa shape index (κ2) is 6.43. The van der Waals surface area contributed by atoms with Crippen LogP contribution in [0, 0.1) is 5.92 Å². The van der Waals surface area contributed by atoms with Gasteiger partial charge in [0.1, 0.15) is 0 Å². The fourth-order valence-electron chi connectivity index (χ4n) is 3.07. The first kappa shape index (κ1) is 15.1. The molecule has 6 heteroatoms. The highest BCUT2D eigenvalue weighted by molar-refractivity contribution is 5.76. The van der Waals surface area contributed by atoms with Gasteiger partial charge in [-0.15, -0.1) is 0 Å². The number of likely N-dealkylation sites (tertiary alicyclic amines) is 2. The molecular weight excluding hydrogens is 260 g/mol. The van der Waals surface area contributed by atoms with Crippen molar-refractivity contribution in [3.8, 4) is 0 Å². The number of hydrogen-bond acceptors (Lipinski definition) is 3. The normalized spacial score (nSPS) is 31.2. The number of carbonyl (C=O) groups excluding carboxylic acids is 1. The Bertz CT molecular complexity index is 374. The molecule has 0 saturated carbocycles. The summed E-state index contributed by atoms with van der Waals surface area (Å²) in [6, 6.07) is -0.313. The average Bonchev–Trinajstić information content (AvgIpc) is 2.41. The van der Waals surface area contributed by atoms with Crippen LogP contribution in [-0.2, 0) is 4.79 Å². The van der Waals surface area contributed by atoms with Crippen LogP contribution in [0.1, 0.15) is 39.0 Å². The van der Waals surface area contributed by atoms with Crippen LogP contribution in [-0.4, -0.2) is 63.8 Å². The highest BCUT2D eigenvalue weighted by Gasteiger charge is 2.34. The van der Waals surface area contributed by atoms with Crippen LogP contribution >= 0.6 is 0 Å². The summed E-state index contributed by atoms with van der Waals surface area (Å²) in [7, 11) is 0. The molecule has 0 aromatic heterocycles. The molecule has 0 aliphatic carbocycles. The van der Waals surface area contributed by atoms with E-state index >= 15 is 0 Å². The molecule has 2 aliphatic rings. The van der Waals surface area contributed by atoms with E-state index in [2.05, 4.69) is 0 Å². The van der Waals surface area contributed by atoms with Crippen LogP contribution < -0.4 is 0 Å². The van der Waals surface area contributed by atoms with Gasteiger partial charge in [-0.1, -0.05) is 6.92 Å². The molecule has 0 radical (unpaired) electrons. The van der Waals surface area contributed by atoms with Crippen LogP contribution in [0.5, 0.6) is 0 Å². The average molecular weight is 284 g/mol. The number of carboxylic acid groups (broad SMARTS) is 1. The lowest BCUT2D eigenvalue weighted by Gasteiger charge is -2.41. The number of piperidine rings is 2. The summed E-state index contributed by atoms with van der Waals surface area (Å²) in [6.07, 6.45) is 2.99. The van der Waals surface area contributed by atoms with Gasteiger partial charge in [0.25, 0.3) is 0 Å². The number of β-amino-alcohol motifs (C(OH)–C–C–N with tert-alkyl or cyclic N) is 1. The molecule has 6 nitrogen and oxygen atoms in total. The van der Waals surface area contributed by atoms with Crippen molar-refractivity contribution in [3.05, 3.63) is 0 Å². The molecule has 2 fully saturated rings. The predicted molar refractivity (Wildman–Crippen MR) is 73.4 cm³/mol. The molecule has 2 amide bonds. The zero-order valence-electron chi connectivity index (χ0n) is 12.0. The summed E-state index contributed by atoms with van der Waals surface area (Å²) in [5.41, 5.74) is 0. The number of aliphatic hydroxyl groups is 1. The SMILES string of the molecule is CC1CCN(C(=O)N2CCCCC2CC(=O)O)CC1O. The molecule has 2 rings (SSSR count). The largest absolute Gasteiger partial charge is 0.481 e. The minimum Gasteiger partial charge on any atom is -0.481 e. The molecule has 2 heterocycles. The lowest BCUT2D eigenvalue weighted by atomic mass is 9.95. The van der Waals surface area contributed by atoms with Crippen molar-refractivity contribution in [1.82, 2.24) is 9.80 Å². The maximum atomic E-state index is 12.5. The van der Waals surface area contributed by atoms with E-state index in [9.17, 15) is 14.7 Å². The van der Waals surface area contributed by atoms with E-state index in [0.29, 0.717) is 19.6 Å². The van der Waals surface area contributed by atoms with Crippen LogP contribution in [0.2, 0.25) is 0 Å². The summed E-state index contributed by atoms with van der Waals surface area (Å²) < 4.78 is 0. The number of amides is 2. The van der Waals surface area contributed by atoms with Gasteiger partial charge in [-0.25, -0.2) is 4.79 Å². The van der Waals surface area contributed by atoms with Gasteiger partial charge in [0, 0.05) is 25.7 Å². The lowest BCUT2D eigenvalue weighted by molar-refractivity contribution is -0.138. The molecule has 0 spiro atoms. The van der Waals surface area contributed by atoms with Gasteiger partial charge in [0.2, 0.25) is 0 Å². The number of urea groups is 1. The Kier molecular flexibility index (Phi) is 4.86. The fourth-order valence-corrected chi connectivity index (χ4v) is 3.07. The smallest absolute Gasteiger partial charge is 0.320 e. The van der Waals surface area contributed by atoms with Crippen LogP contribution in [0.3, 0.4) is 0 Å². The molecule has 2 N–H and O–H groups in total. The molecule has 2 saturated heterocycles. The Hall–Kier alpha value is -1.30. The zero-order chi connectivity index (χ0) is 14.7. The van der Waals surface area contributed by atoms with Gasteiger partial charge in [-0.3, -0.25) is 4.79 Å². The highest BCUT2D eigenvalue weighted by Crippen LogP contribution is 2.24. The summed E-state index contributed by atoms with van der Waals surface area (Å²) in [5, 5.41) is 18.9. The van der Waals surface area contributed by atoms with Crippen molar-refractivity contribution >= 4 is 12.0 Å². The van der Waals surface area contributed by atoms with Gasteiger partial charge < -0.3 is 20.0 Å². The Labute approximate surface area is 119 Å². The number of carboxylic acids is 1. The lowest BCUT2D eigenvalue weighted by Crippen LogP contribution is -2.55. The van der Waals surface area contributed by atoms with Gasteiger partial charge in [0.05, 0.1) is 12.5 Å². The molecule has 2 aliphatic heterocycles. The first-order chi connectivity index (χ1) is 9.49. The molecule has 0 aromatic carbocycles. The molecule has 3 unspecified atom stereocenters. The van der Waals surface area contributed by atoms with Crippen molar-refractivity contribution < 1.29 is 19.8 Å². The first-order valence-electron chi connectivity index (χ1n) is 7.44. The van der Waals surface area contributed by atoms with Gasteiger partial charge in [-0.2, -0.15) is 0 Å². The second-order valence-electron chi connectivity index (χ2n) is 6.00. The van der Waals surface area contributed by atoms with Crippen molar-refractivity contribution in [3.63, 3.8) is 0 Å². The summed E-state index contributed by atoms with van der Waals surface area (Å²) in [5.74, 6) is -0.641. The molecule has 0 aromatic rings. The van der Waals surface area contributed by atoms with Crippen molar-refractivity contribution in [2.75, 3.05) is 19.6 Å². The summed E-state index contributed by atoms with van der Waals surface area (Å²) in [6.45, 7) is 3.61. The zero-order valence-corrected chi connectivity index (χ0v) is 12.0. The number of aliphatic carboxylic acids is 1. The maximum Gasteiger partial charge on any atom is 0.320 e. The van der Waals surface area contributed by atoms with Crippen LogP contribution in [0.25, 0.3) is 0 Å². The molecule has 114 valence electrons. The van der Waals surface area contributed by atoms with E-state index in [0.717, 1.165) is 25.7 Å². The topological polar surface area (TPSA) is 81.1 Å². The number of rotatable bonds is 2. The predicted octanol–water partition coefficient (Wildman–Crippen LogP) is 1.14. The quantitative estimate of drug-likeness (QED) is 0.796. The number of aliphatic hydroxyl groups excluding tert-OH is 1. The minimum absolute atomic E-state index is 0.0124. The highest BCUT2D eigenvalue weighted by atomic mass is 16.4. The van der Waals surface area contributed by atoms with Gasteiger partial charge in [0.15, 0.2) is 0 Å². The first-order valence-corrected chi connectivity index (χ1v) is 7.44. The third-order valence-corrected chi connectivity index (χ3v) is 4.47. The van der Waals surface area contributed by atoms with Crippen molar-refractivity contribution in [1.29, 1.82) is 0 Å². The number of carbonyl (C=O) groups is 2. The Balaban J connectivity index is 2.00. The summed E-state index contributed by atoms with van der Waals surface area (Å²) in [4.78, 5) is 26.8. The third-order valence-electron chi connectivity index (χ3n) is 4.47. The Morgan fingerprint density at radius 1 is 1.20 bits per heavy atom. The van der Waals surface area contributed by atoms with Crippen LogP contribution in [0.15, 0.2) is 0 Å². The number of nitrogens with zero attached hydrogens (tertiary/aromatic N) is 2. The maximum absolute atomic E-state index is 12.5. The molecule has 20 heavy (non-hydrogen) atoms. The third kappa shape index (κ3) is 3.42. The van der Waals surface area contributed by atoms with E-state index in [4.69, 9.17) is 5.11 Å². The van der Waals surface area contributed by atoms with E-state index < -0.39 is 12.1 Å². The minimum atomic E-state index is -0.859. The van der Waals surface area contributed by atoms with E-state index in [1.807, 2.05) is 6.92 Å². The van der Waals surface area contributed by atoms with E-state index in [-0.39, 0.29) is 24.4 Å². The van der Waals surface area contributed by atoms with Crippen molar-refractivity contribution in [2.45, 2.75) is 51.2 Å². The fraction of sp³-hybridized carbons (Fsp3) is 0.857. The van der Waals surface area contributed by atoms with Gasteiger partial charge in [-0.05, 0) is 31.6 Å². The molecule has 3 atom stereocenters. The standard InChI is InChI=1S/C14H24N2O4/c1-10-5-7-15(9-12(10)17)14(20)16-6-3-2-4-11(16)8-13(18)19/h10-12,17H,2-9H2,1H3,(H,18,19). The monoisotopic (exact) mass is 284 g/mol.